The van der Waals surface area contributed by atoms with E-state index < -0.39 is 0 Å². The molecular weight excluding hydrogens is 362 g/mol. The van der Waals surface area contributed by atoms with E-state index in [4.69, 9.17) is 4.74 Å². The van der Waals surface area contributed by atoms with E-state index in [0.29, 0.717) is 18.7 Å². The van der Waals surface area contributed by atoms with Crippen LogP contribution in [0.4, 0.5) is 0 Å². The average Bonchev–Trinajstić information content (AvgIpc) is 2.99. The summed E-state index contributed by atoms with van der Waals surface area (Å²) in [5.41, 5.74) is 7.20. The highest BCUT2D eigenvalue weighted by Crippen LogP contribution is 2.35. The third kappa shape index (κ3) is 4.04. The lowest BCUT2D eigenvalue weighted by molar-refractivity contribution is 0.0924. The molecular formula is C24H27N3O2. The van der Waals surface area contributed by atoms with Crippen molar-refractivity contribution in [1.29, 1.82) is 0 Å². The normalized spacial score (nSPS) is 15.5. The van der Waals surface area contributed by atoms with E-state index in [2.05, 4.69) is 42.5 Å². The number of hydrogen-bond acceptors (Lipinski definition) is 3. The second-order valence-corrected chi connectivity index (χ2v) is 7.95. The van der Waals surface area contributed by atoms with Crippen LogP contribution in [0.25, 0.3) is 0 Å². The van der Waals surface area contributed by atoms with Crippen molar-refractivity contribution < 1.29 is 9.53 Å². The van der Waals surface area contributed by atoms with Crippen LogP contribution < -0.4 is 10.1 Å². The van der Waals surface area contributed by atoms with E-state index in [9.17, 15) is 4.79 Å². The molecule has 5 heteroatoms. The lowest BCUT2D eigenvalue weighted by Gasteiger charge is -2.28. The molecule has 1 N–H and O–H groups in total. The summed E-state index contributed by atoms with van der Waals surface area (Å²) in [5.74, 6) is 0.850. The summed E-state index contributed by atoms with van der Waals surface area (Å²) in [7, 11) is 0. The monoisotopic (exact) mass is 389 g/mol. The quantitative estimate of drug-likeness (QED) is 0.719. The summed E-state index contributed by atoms with van der Waals surface area (Å²) in [6.07, 6.45) is 0.771. The number of carbonyl (C=O) groups excluding carboxylic acids is 1. The van der Waals surface area contributed by atoms with Crippen LogP contribution in [0.2, 0.25) is 0 Å². The molecule has 0 fully saturated rings. The Balaban J connectivity index is 1.54. The SMILES string of the molecule is Cc1cc(C)c2c(c1)C(NC(=O)c1cccc(Cn3nc(C)cc3C)c1)CCO2. The minimum absolute atomic E-state index is 0.0375. The zero-order chi connectivity index (χ0) is 20.5. The highest BCUT2D eigenvalue weighted by molar-refractivity contribution is 5.94. The van der Waals surface area contributed by atoms with Crippen LogP contribution in [0.5, 0.6) is 5.75 Å². The molecule has 2 heterocycles. The van der Waals surface area contributed by atoms with Gasteiger partial charge in [0.15, 0.2) is 0 Å². The molecule has 0 aliphatic carbocycles. The number of hydrogen-bond donors (Lipinski definition) is 1. The number of nitrogens with zero attached hydrogens (tertiary/aromatic N) is 2. The van der Waals surface area contributed by atoms with Crippen LogP contribution in [-0.2, 0) is 6.54 Å². The van der Waals surface area contributed by atoms with E-state index in [-0.39, 0.29) is 11.9 Å². The minimum Gasteiger partial charge on any atom is -0.493 e. The molecule has 0 saturated carbocycles. The second kappa shape index (κ2) is 7.74. The number of carbonyl (C=O) groups is 1. The maximum absolute atomic E-state index is 13.0. The standard InChI is InChI=1S/C24H27N3O2/c1-15-10-16(2)23-21(11-15)22(8-9-29-23)25-24(28)20-7-5-6-19(13-20)14-27-18(4)12-17(3)26-27/h5-7,10-13,22H,8-9,14H2,1-4H3,(H,25,28). The first-order valence-corrected chi connectivity index (χ1v) is 10.1. The molecule has 1 aromatic heterocycles. The zero-order valence-electron chi connectivity index (χ0n) is 17.5. The predicted octanol–water partition coefficient (Wildman–Crippen LogP) is 4.42. The van der Waals surface area contributed by atoms with Crippen molar-refractivity contribution >= 4 is 5.91 Å². The van der Waals surface area contributed by atoms with E-state index in [1.165, 1.54) is 5.56 Å². The Morgan fingerprint density at radius 1 is 1.17 bits per heavy atom. The van der Waals surface area contributed by atoms with Gasteiger partial charge in [0, 0.05) is 23.2 Å². The van der Waals surface area contributed by atoms with Gasteiger partial charge in [0.1, 0.15) is 5.75 Å². The van der Waals surface area contributed by atoms with E-state index in [1.807, 2.05) is 42.8 Å². The molecule has 29 heavy (non-hydrogen) atoms. The summed E-state index contributed by atoms with van der Waals surface area (Å²) in [4.78, 5) is 13.0. The van der Waals surface area contributed by atoms with Crippen molar-refractivity contribution in [2.75, 3.05) is 6.61 Å². The summed E-state index contributed by atoms with van der Waals surface area (Å²) < 4.78 is 7.83. The molecule has 1 aliphatic rings. The van der Waals surface area contributed by atoms with Crippen LogP contribution in [-0.4, -0.2) is 22.3 Å². The maximum atomic E-state index is 13.0. The number of aryl methyl sites for hydroxylation is 4. The molecule has 0 radical (unpaired) electrons. The van der Waals surface area contributed by atoms with Gasteiger partial charge in [-0.2, -0.15) is 5.10 Å². The van der Waals surface area contributed by atoms with Crippen molar-refractivity contribution in [1.82, 2.24) is 15.1 Å². The van der Waals surface area contributed by atoms with Gasteiger partial charge in [-0.25, -0.2) is 0 Å². The first-order valence-electron chi connectivity index (χ1n) is 10.1. The third-order valence-corrected chi connectivity index (χ3v) is 5.41. The molecule has 1 aliphatic heterocycles. The Morgan fingerprint density at radius 3 is 2.76 bits per heavy atom. The molecule has 5 nitrogen and oxygen atoms in total. The Kier molecular flexibility index (Phi) is 5.14. The molecule has 3 aromatic rings. The van der Waals surface area contributed by atoms with Crippen molar-refractivity contribution in [3.8, 4) is 5.75 Å². The van der Waals surface area contributed by atoms with E-state index in [1.54, 1.807) is 0 Å². The summed E-state index contributed by atoms with van der Waals surface area (Å²) in [6.45, 7) is 9.42. The van der Waals surface area contributed by atoms with Gasteiger partial charge in [-0.05, 0) is 57.0 Å². The van der Waals surface area contributed by atoms with Gasteiger partial charge >= 0.3 is 0 Å². The molecule has 1 amide bonds. The van der Waals surface area contributed by atoms with Crippen molar-refractivity contribution in [2.45, 2.75) is 46.7 Å². The molecule has 0 bridgehead atoms. The highest BCUT2D eigenvalue weighted by atomic mass is 16.5. The molecule has 1 atom stereocenters. The average molecular weight is 389 g/mol. The van der Waals surface area contributed by atoms with Crippen molar-refractivity contribution in [3.63, 3.8) is 0 Å². The first kappa shape index (κ1) is 19.2. The Bertz CT molecular complexity index is 1070. The molecule has 1 unspecified atom stereocenters. The highest BCUT2D eigenvalue weighted by Gasteiger charge is 2.25. The molecule has 4 rings (SSSR count). The molecule has 0 spiro atoms. The molecule has 0 saturated heterocycles. The number of nitrogens with one attached hydrogen (secondary N) is 1. The number of benzene rings is 2. The third-order valence-electron chi connectivity index (χ3n) is 5.41. The van der Waals surface area contributed by atoms with Crippen molar-refractivity contribution in [3.05, 3.63) is 81.7 Å². The number of fused-ring (bicyclic) bond motifs is 1. The lowest BCUT2D eigenvalue weighted by atomic mass is 9.95. The maximum Gasteiger partial charge on any atom is 0.251 e. The summed E-state index contributed by atoms with van der Waals surface area (Å²) >= 11 is 0. The van der Waals surface area contributed by atoms with Gasteiger partial charge in [-0.15, -0.1) is 0 Å². The predicted molar refractivity (Wildman–Crippen MR) is 113 cm³/mol. The van der Waals surface area contributed by atoms with Gasteiger partial charge < -0.3 is 10.1 Å². The van der Waals surface area contributed by atoms with Gasteiger partial charge in [-0.1, -0.05) is 29.8 Å². The van der Waals surface area contributed by atoms with Gasteiger partial charge in [0.25, 0.3) is 5.91 Å². The van der Waals surface area contributed by atoms with Gasteiger partial charge in [0.2, 0.25) is 0 Å². The Labute approximate surface area is 171 Å². The van der Waals surface area contributed by atoms with E-state index >= 15 is 0 Å². The number of ether oxygens (including phenoxy) is 1. The fourth-order valence-electron chi connectivity index (χ4n) is 4.09. The minimum atomic E-state index is -0.0581. The summed E-state index contributed by atoms with van der Waals surface area (Å²) in [6, 6.07) is 14.0. The Morgan fingerprint density at radius 2 is 2.00 bits per heavy atom. The van der Waals surface area contributed by atoms with Crippen LogP contribution in [0.3, 0.4) is 0 Å². The molecule has 2 aromatic carbocycles. The smallest absolute Gasteiger partial charge is 0.251 e. The van der Waals surface area contributed by atoms with Crippen molar-refractivity contribution in [2.24, 2.45) is 0 Å². The van der Waals surface area contributed by atoms with Crippen LogP contribution >= 0.6 is 0 Å². The second-order valence-electron chi connectivity index (χ2n) is 7.95. The number of rotatable bonds is 4. The van der Waals surface area contributed by atoms with Crippen LogP contribution in [0.1, 0.15) is 56.5 Å². The first-order chi connectivity index (χ1) is 13.9. The van der Waals surface area contributed by atoms with Crippen LogP contribution in [0, 0.1) is 27.7 Å². The topological polar surface area (TPSA) is 56.2 Å². The largest absolute Gasteiger partial charge is 0.493 e. The fourth-order valence-corrected chi connectivity index (χ4v) is 4.09. The van der Waals surface area contributed by atoms with Crippen LogP contribution in [0.15, 0.2) is 42.5 Å². The molecule has 150 valence electrons. The van der Waals surface area contributed by atoms with Gasteiger partial charge in [-0.3, -0.25) is 9.48 Å². The fraction of sp³-hybridized carbons (Fsp3) is 0.333. The zero-order valence-corrected chi connectivity index (χ0v) is 17.5. The Hall–Kier alpha value is -3.08. The number of amides is 1. The van der Waals surface area contributed by atoms with Gasteiger partial charge in [0.05, 0.1) is 24.9 Å². The summed E-state index contributed by atoms with van der Waals surface area (Å²) in [5, 5.41) is 7.73. The van der Waals surface area contributed by atoms with E-state index in [0.717, 1.165) is 40.2 Å². The number of aromatic nitrogens is 2. The lowest BCUT2D eigenvalue weighted by Crippen LogP contribution is -2.32.